The highest BCUT2D eigenvalue weighted by Crippen LogP contribution is 2.55. The van der Waals surface area contributed by atoms with Crippen molar-refractivity contribution in [3.05, 3.63) is 154 Å². The Kier molecular flexibility index (Phi) is 8.00. The number of hydrogen-bond acceptors (Lipinski definition) is 2. The van der Waals surface area contributed by atoms with E-state index < -0.39 is 11.5 Å². The molecule has 0 radical (unpaired) electrons. The molecular weight excluding hydrogens is 488 g/mol. The highest BCUT2D eigenvalue weighted by molar-refractivity contribution is 5.97. The normalized spacial score (nSPS) is 22.8. The average Bonchev–Trinajstić information content (AvgIpc) is 3.26. The molecule has 1 saturated carbocycles. The van der Waals surface area contributed by atoms with E-state index >= 15 is 0 Å². The first-order chi connectivity index (χ1) is 19.2. The summed E-state index contributed by atoms with van der Waals surface area (Å²) in [6.07, 6.45) is 7.84. The number of aliphatic hydroxyl groups is 1. The van der Waals surface area contributed by atoms with Gasteiger partial charge in [0.25, 0.3) is 0 Å². The van der Waals surface area contributed by atoms with Crippen LogP contribution in [0.4, 0.5) is 0 Å². The number of carbonyl (C=O) groups excluding carboxylic acids is 1. The van der Waals surface area contributed by atoms with E-state index in [2.05, 4.69) is 88.4 Å². The highest BCUT2D eigenvalue weighted by Gasteiger charge is 2.54. The fourth-order valence-corrected chi connectivity index (χ4v) is 5.97. The minimum Gasteiger partial charge on any atom is -0.385 e. The van der Waals surface area contributed by atoms with Crippen molar-refractivity contribution in [2.75, 3.05) is 0 Å². The van der Waals surface area contributed by atoms with Gasteiger partial charge < -0.3 is 5.11 Å². The van der Waals surface area contributed by atoms with Gasteiger partial charge in [0.2, 0.25) is 0 Å². The minimum absolute atomic E-state index is 0.0160. The van der Waals surface area contributed by atoms with Gasteiger partial charge in [-0.25, -0.2) is 0 Å². The topological polar surface area (TPSA) is 37.3 Å². The number of allylic oxidation sites excluding steroid dienone is 1. The van der Waals surface area contributed by atoms with E-state index in [1.54, 1.807) is 6.08 Å². The number of aryl methyl sites for hydroxylation is 4. The molecule has 0 saturated heterocycles. The maximum absolute atomic E-state index is 14.2. The zero-order valence-corrected chi connectivity index (χ0v) is 23.8. The number of carbonyl (C=O) groups is 1. The zero-order chi connectivity index (χ0) is 28.3. The molecule has 5 rings (SSSR count). The van der Waals surface area contributed by atoms with Crippen LogP contribution in [0.25, 0.3) is 12.2 Å². The first kappa shape index (κ1) is 27.6. The summed E-state index contributed by atoms with van der Waals surface area (Å²) in [4.78, 5) is 14.2. The van der Waals surface area contributed by atoms with Crippen LogP contribution in [0.3, 0.4) is 0 Å². The Bertz CT molecular complexity index is 1510. The molecule has 0 aromatic heterocycles. The van der Waals surface area contributed by atoms with E-state index in [1.807, 2.05) is 54.6 Å². The van der Waals surface area contributed by atoms with Gasteiger partial charge in [-0.2, -0.15) is 0 Å². The van der Waals surface area contributed by atoms with Crippen LogP contribution in [-0.2, 0) is 4.79 Å². The third-order valence-electron chi connectivity index (χ3n) is 8.31. The number of benzene rings is 4. The van der Waals surface area contributed by atoms with Gasteiger partial charge in [0.05, 0.1) is 11.5 Å². The third kappa shape index (κ3) is 6.08. The largest absolute Gasteiger partial charge is 0.385 e. The van der Waals surface area contributed by atoms with Crippen molar-refractivity contribution in [3.63, 3.8) is 0 Å². The van der Waals surface area contributed by atoms with Gasteiger partial charge in [0, 0.05) is 5.92 Å². The quantitative estimate of drug-likeness (QED) is 0.245. The van der Waals surface area contributed by atoms with Crippen LogP contribution in [0.2, 0.25) is 0 Å². The van der Waals surface area contributed by atoms with Gasteiger partial charge in [-0.05, 0) is 68.4 Å². The molecule has 1 fully saturated rings. The van der Waals surface area contributed by atoms with Crippen molar-refractivity contribution in [1.82, 2.24) is 0 Å². The van der Waals surface area contributed by atoms with Gasteiger partial charge in [-0.3, -0.25) is 4.79 Å². The van der Waals surface area contributed by atoms with E-state index in [1.165, 1.54) is 22.3 Å². The summed E-state index contributed by atoms with van der Waals surface area (Å²) in [5, 5.41) is 12.4. The Morgan fingerprint density at radius 3 is 1.57 bits per heavy atom. The zero-order valence-electron chi connectivity index (χ0n) is 23.8. The first-order valence-corrected chi connectivity index (χ1v) is 14.1. The molecule has 40 heavy (non-hydrogen) atoms. The van der Waals surface area contributed by atoms with Crippen LogP contribution in [0, 0.1) is 33.6 Å². The average molecular weight is 527 g/mol. The lowest BCUT2D eigenvalue weighted by atomic mass is 9.76. The van der Waals surface area contributed by atoms with Crippen molar-refractivity contribution in [3.8, 4) is 0 Å². The molecule has 1 aliphatic rings. The van der Waals surface area contributed by atoms with Gasteiger partial charge in [-0.1, -0.05) is 138 Å². The van der Waals surface area contributed by atoms with Gasteiger partial charge >= 0.3 is 0 Å². The summed E-state index contributed by atoms with van der Waals surface area (Å²) in [5.41, 5.74) is 7.62. The van der Waals surface area contributed by atoms with Crippen LogP contribution in [0.1, 0.15) is 62.8 Å². The van der Waals surface area contributed by atoms with E-state index in [9.17, 15) is 9.90 Å². The van der Waals surface area contributed by atoms with Gasteiger partial charge in [-0.15, -0.1) is 0 Å². The molecule has 4 atom stereocenters. The molecular formula is C38H38O2. The lowest BCUT2D eigenvalue weighted by molar-refractivity contribution is -0.123. The molecule has 0 aliphatic heterocycles. The molecule has 202 valence electrons. The van der Waals surface area contributed by atoms with Crippen molar-refractivity contribution in [1.29, 1.82) is 0 Å². The molecule has 2 heteroatoms. The molecule has 4 aromatic carbocycles. The second kappa shape index (κ2) is 11.6. The molecule has 4 unspecified atom stereocenters. The van der Waals surface area contributed by atoms with E-state index in [-0.39, 0.29) is 17.6 Å². The predicted molar refractivity (Wildman–Crippen MR) is 166 cm³/mol. The van der Waals surface area contributed by atoms with Crippen LogP contribution in [0.15, 0.2) is 109 Å². The smallest absolute Gasteiger partial charge is 0.162 e. The highest BCUT2D eigenvalue weighted by atomic mass is 16.3. The molecule has 2 nitrogen and oxygen atoms in total. The van der Waals surface area contributed by atoms with Crippen molar-refractivity contribution < 1.29 is 9.90 Å². The second-order valence-electron chi connectivity index (χ2n) is 11.5. The fourth-order valence-electron chi connectivity index (χ4n) is 5.97. The minimum atomic E-state index is -1.31. The standard InChI is InChI=1S/C38H38O2/c1-26-5-13-30(14-6-26)17-22-35(39)37-36(33-20-11-29(4)12-21-33)34(32-18-9-28(3)10-19-32)25-38(37,40)24-23-31-15-7-27(2)8-16-31/h5-24,34,36-37,40H,25H2,1-4H3. The monoisotopic (exact) mass is 526 g/mol. The van der Waals surface area contributed by atoms with Crippen molar-refractivity contribution >= 4 is 17.9 Å². The molecule has 0 spiro atoms. The van der Waals surface area contributed by atoms with Crippen LogP contribution in [-0.4, -0.2) is 16.5 Å². The molecule has 1 aliphatic carbocycles. The molecule has 0 amide bonds. The molecule has 0 bridgehead atoms. The number of rotatable bonds is 7. The molecule has 1 N–H and O–H groups in total. The Morgan fingerprint density at radius 1 is 0.650 bits per heavy atom. The third-order valence-corrected chi connectivity index (χ3v) is 8.31. The summed E-state index contributed by atoms with van der Waals surface area (Å²) in [6, 6.07) is 33.4. The van der Waals surface area contributed by atoms with Gasteiger partial charge in [0.1, 0.15) is 0 Å². The second-order valence-corrected chi connectivity index (χ2v) is 11.5. The van der Waals surface area contributed by atoms with E-state index in [0.29, 0.717) is 6.42 Å². The summed E-state index contributed by atoms with van der Waals surface area (Å²) in [6.45, 7) is 8.27. The Labute approximate surface area is 238 Å². The lowest BCUT2D eigenvalue weighted by Crippen LogP contribution is -2.37. The summed E-state index contributed by atoms with van der Waals surface area (Å²) >= 11 is 0. The predicted octanol–water partition coefficient (Wildman–Crippen LogP) is 8.53. The Hall–Kier alpha value is -4.01. The number of ketones is 1. The summed E-state index contributed by atoms with van der Waals surface area (Å²) in [5.74, 6) is -0.884. The van der Waals surface area contributed by atoms with Gasteiger partial charge in [0.15, 0.2) is 5.78 Å². The summed E-state index contributed by atoms with van der Waals surface area (Å²) in [7, 11) is 0. The SMILES string of the molecule is Cc1ccc(C=CC(=O)C2C(c3ccc(C)cc3)C(c3ccc(C)cc3)CC2(O)C=Cc2ccc(C)cc2)cc1. The summed E-state index contributed by atoms with van der Waals surface area (Å²) < 4.78 is 0. The fraction of sp³-hybridized carbons (Fsp3) is 0.237. The molecule has 4 aromatic rings. The van der Waals surface area contributed by atoms with E-state index in [0.717, 1.165) is 22.3 Å². The molecule has 0 heterocycles. The van der Waals surface area contributed by atoms with Crippen LogP contribution < -0.4 is 0 Å². The Morgan fingerprint density at radius 2 is 1.07 bits per heavy atom. The first-order valence-electron chi connectivity index (χ1n) is 14.1. The van der Waals surface area contributed by atoms with E-state index in [4.69, 9.17) is 0 Å². The Balaban J connectivity index is 1.61. The van der Waals surface area contributed by atoms with Crippen molar-refractivity contribution in [2.24, 2.45) is 5.92 Å². The van der Waals surface area contributed by atoms with Crippen LogP contribution in [0.5, 0.6) is 0 Å². The number of hydrogen-bond donors (Lipinski definition) is 1. The maximum Gasteiger partial charge on any atom is 0.162 e. The van der Waals surface area contributed by atoms with Crippen LogP contribution >= 0.6 is 0 Å². The lowest BCUT2D eigenvalue weighted by Gasteiger charge is -2.29. The van der Waals surface area contributed by atoms with Crippen molar-refractivity contribution in [2.45, 2.75) is 51.6 Å². The maximum atomic E-state index is 14.2.